The van der Waals surface area contributed by atoms with E-state index in [2.05, 4.69) is 10.4 Å². The van der Waals surface area contributed by atoms with Crippen LogP contribution in [0.5, 0.6) is 0 Å². The molecule has 0 unspecified atom stereocenters. The average molecular weight is 259 g/mol. The summed E-state index contributed by atoms with van der Waals surface area (Å²) in [5.74, 6) is 0.512. The lowest BCUT2D eigenvalue weighted by atomic mass is 10.3. The number of nitrogens with zero attached hydrogens (tertiary/aromatic N) is 2. The smallest absolute Gasteiger partial charge is 0.151 e. The minimum absolute atomic E-state index is 0.225. The van der Waals surface area contributed by atoms with E-state index in [1.807, 2.05) is 26.2 Å². The van der Waals surface area contributed by atoms with Crippen molar-refractivity contribution in [1.29, 1.82) is 0 Å². The predicted octanol–water partition coefficient (Wildman–Crippen LogP) is 0.377. The number of rotatable bonds is 8. The Hall–Kier alpha value is -0.880. The minimum Gasteiger partial charge on any atom is -0.315 e. The van der Waals surface area contributed by atoms with Crippen molar-refractivity contribution in [3.63, 3.8) is 0 Å². The molecule has 0 radical (unpaired) electrons. The van der Waals surface area contributed by atoms with Gasteiger partial charge in [-0.05, 0) is 12.5 Å². The molecule has 0 bridgehead atoms. The highest BCUT2D eigenvalue weighted by molar-refractivity contribution is 7.91. The number of hydrogen-bond donors (Lipinski definition) is 1. The molecule has 0 aliphatic rings. The summed E-state index contributed by atoms with van der Waals surface area (Å²) >= 11 is 0. The quantitative estimate of drug-likeness (QED) is 0.685. The Morgan fingerprint density at radius 3 is 2.71 bits per heavy atom. The number of sulfone groups is 1. The van der Waals surface area contributed by atoms with Crippen LogP contribution >= 0.6 is 0 Å². The molecule has 0 saturated heterocycles. The largest absolute Gasteiger partial charge is 0.315 e. The van der Waals surface area contributed by atoms with Gasteiger partial charge in [0.15, 0.2) is 9.84 Å². The summed E-state index contributed by atoms with van der Waals surface area (Å²) in [4.78, 5) is 0. The van der Waals surface area contributed by atoms with Crippen LogP contribution in [0.15, 0.2) is 12.3 Å². The first-order valence-electron chi connectivity index (χ1n) is 5.93. The van der Waals surface area contributed by atoms with Crippen LogP contribution in [0.2, 0.25) is 0 Å². The van der Waals surface area contributed by atoms with Crippen molar-refractivity contribution in [2.45, 2.75) is 19.8 Å². The summed E-state index contributed by atoms with van der Waals surface area (Å²) in [5, 5.41) is 7.37. The average Bonchev–Trinajstić information content (AvgIpc) is 2.63. The normalized spacial score (nSPS) is 11.9. The number of aryl methyl sites for hydroxylation is 1. The molecule has 0 spiro atoms. The van der Waals surface area contributed by atoms with Crippen LogP contribution < -0.4 is 5.32 Å². The van der Waals surface area contributed by atoms with E-state index in [1.54, 1.807) is 4.68 Å². The van der Waals surface area contributed by atoms with Gasteiger partial charge in [0.1, 0.15) is 0 Å². The van der Waals surface area contributed by atoms with Crippen LogP contribution in [0.4, 0.5) is 0 Å². The Bertz CT molecular complexity index is 426. The van der Waals surface area contributed by atoms with Gasteiger partial charge < -0.3 is 5.32 Å². The molecule has 1 rings (SSSR count). The van der Waals surface area contributed by atoms with Crippen LogP contribution in [0.1, 0.15) is 19.0 Å². The van der Waals surface area contributed by atoms with E-state index >= 15 is 0 Å². The summed E-state index contributed by atoms with van der Waals surface area (Å²) < 4.78 is 24.6. The summed E-state index contributed by atoms with van der Waals surface area (Å²) in [5.41, 5.74) is 1.02. The van der Waals surface area contributed by atoms with E-state index in [1.165, 1.54) is 0 Å². The third kappa shape index (κ3) is 5.83. The van der Waals surface area contributed by atoms with Gasteiger partial charge in [-0.15, -0.1) is 0 Å². The third-order valence-corrected chi connectivity index (χ3v) is 4.29. The van der Waals surface area contributed by atoms with Gasteiger partial charge in [-0.3, -0.25) is 4.68 Å². The van der Waals surface area contributed by atoms with Crippen LogP contribution in [0.25, 0.3) is 0 Å². The summed E-state index contributed by atoms with van der Waals surface area (Å²) in [6.07, 6.45) is 3.42. The molecule has 0 aliphatic heterocycles. The second-order valence-corrected chi connectivity index (χ2v) is 6.44. The zero-order valence-electron chi connectivity index (χ0n) is 10.5. The molecule has 5 nitrogen and oxygen atoms in total. The summed E-state index contributed by atoms with van der Waals surface area (Å²) in [6, 6.07) is 1.97. The first kappa shape index (κ1) is 14.2. The van der Waals surface area contributed by atoms with Crippen LogP contribution in [-0.2, 0) is 23.3 Å². The monoisotopic (exact) mass is 259 g/mol. The van der Waals surface area contributed by atoms with Gasteiger partial charge in [0.25, 0.3) is 0 Å². The fourth-order valence-corrected chi connectivity index (χ4v) is 2.86. The van der Waals surface area contributed by atoms with Crippen molar-refractivity contribution in [3.8, 4) is 0 Å². The Balaban J connectivity index is 2.13. The summed E-state index contributed by atoms with van der Waals surface area (Å²) in [6.45, 7) is 3.17. The van der Waals surface area contributed by atoms with E-state index in [0.717, 1.165) is 18.7 Å². The lowest BCUT2D eigenvalue weighted by molar-refractivity contribution is 0.589. The van der Waals surface area contributed by atoms with Gasteiger partial charge in [-0.25, -0.2) is 8.42 Å². The molecular weight excluding hydrogens is 238 g/mol. The zero-order chi connectivity index (χ0) is 12.7. The molecule has 0 fully saturated rings. The number of hydrogen-bond acceptors (Lipinski definition) is 4. The molecule has 17 heavy (non-hydrogen) atoms. The molecule has 0 aromatic carbocycles. The fourth-order valence-electron chi connectivity index (χ4n) is 1.58. The fraction of sp³-hybridized carbons (Fsp3) is 0.727. The van der Waals surface area contributed by atoms with Gasteiger partial charge in [-0.1, -0.05) is 6.92 Å². The maximum absolute atomic E-state index is 11.4. The SMILES string of the molecule is CCCS(=O)(=O)CCNCCc1ccn(C)n1. The Kier molecular flexibility index (Phi) is 5.64. The minimum atomic E-state index is -2.85. The highest BCUT2D eigenvalue weighted by Crippen LogP contribution is 1.95. The van der Waals surface area contributed by atoms with Crippen LogP contribution in [0.3, 0.4) is 0 Å². The molecule has 1 N–H and O–H groups in total. The van der Waals surface area contributed by atoms with Crippen molar-refractivity contribution in [3.05, 3.63) is 18.0 Å². The van der Waals surface area contributed by atoms with E-state index in [0.29, 0.717) is 13.0 Å². The molecule has 6 heteroatoms. The number of aromatic nitrogens is 2. The highest BCUT2D eigenvalue weighted by Gasteiger charge is 2.07. The third-order valence-electron chi connectivity index (χ3n) is 2.43. The van der Waals surface area contributed by atoms with Crippen molar-refractivity contribution >= 4 is 9.84 Å². The molecule has 0 aliphatic carbocycles. The molecule has 0 saturated carbocycles. The molecular formula is C11H21N3O2S. The van der Waals surface area contributed by atoms with Gasteiger partial charge in [0.2, 0.25) is 0 Å². The van der Waals surface area contributed by atoms with Crippen molar-refractivity contribution in [1.82, 2.24) is 15.1 Å². The Morgan fingerprint density at radius 1 is 1.35 bits per heavy atom. The lowest BCUT2D eigenvalue weighted by Gasteiger charge is -2.04. The molecule has 1 heterocycles. The van der Waals surface area contributed by atoms with E-state index in [-0.39, 0.29) is 11.5 Å². The highest BCUT2D eigenvalue weighted by atomic mass is 32.2. The number of nitrogens with one attached hydrogen (secondary N) is 1. The van der Waals surface area contributed by atoms with Crippen molar-refractivity contribution in [2.75, 3.05) is 24.6 Å². The first-order chi connectivity index (χ1) is 8.03. The zero-order valence-corrected chi connectivity index (χ0v) is 11.3. The standard InChI is InChI=1S/C11H21N3O2S/c1-3-9-17(15,16)10-7-12-6-4-11-5-8-14(2)13-11/h5,8,12H,3-4,6-7,9-10H2,1-2H3. The molecule has 0 amide bonds. The van der Waals surface area contributed by atoms with Crippen LogP contribution in [-0.4, -0.2) is 42.8 Å². The van der Waals surface area contributed by atoms with E-state index in [9.17, 15) is 8.42 Å². The van der Waals surface area contributed by atoms with Crippen LogP contribution in [0, 0.1) is 0 Å². The van der Waals surface area contributed by atoms with Gasteiger partial charge in [-0.2, -0.15) is 5.10 Å². The topological polar surface area (TPSA) is 64.0 Å². The van der Waals surface area contributed by atoms with Crippen molar-refractivity contribution < 1.29 is 8.42 Å². The molecule has 0 atom stereocenters. The molecule has 1 aromatic heterocycles. The predicted molar refractivity (Wildman–Crippen MR) is 68.7 cm³/mol. The molecule has 98 valence electrons. The van der Waals surface area contributed by atoms with Gasteiger partial charge >= 0.3 is 0 Å². The Labute approximate surface area is 103 Å². The first-order valence-corrected chi connectivity index (χ1v) is 7.75. The lowest BCUT2D eigenvalue weighted by Crippen LogP contribution is -2.26. The second-order valence-electron chi connectivity index (χ2n) is 4.13. The molecule has 1 aromatic rings. The van der Waals surface area contributed by atoms with Gasteiger partial charge in [0.05, 0.1) is 11.4 Å². The van der Waals surface area contributed by atoms with Gasteiger partial charge in [0, 0.05) is 38.5 Å². The van der Waals surface area contributed by atoms with E-state index in [4.69, 9.17) is 0 Å². The maximum Gasteiger partial charge on any atom is 0.151 e. The van der Waals surface area contributed by atoms with Crippen molar-refractivity contribution in [2.24, 2.45) is 7.05 Å². The summed E-state index contributed by atoms with van der Waals surface area (Å²) in [7, 11) is -0.972. The van der Waals surface area contributed by atoms with E-state index < -0.39 is 9.84 Å². The second kappa shape index (κ2) is 6.76. The Morgan fingerprint density at radius 2 is 2.12 bits per heavy atom. The maximum atomic E-state index is 11.4.